The highest BCUT2D eigenvalue weighted by molar-refractivity contribution is 6.31. The largest absolute Gasteiger partial charge is 0.325 e. The van der Waals surface area contributed by atoms with Crippen molar-refractivity contribution in [3.63, 3.8) is 0 Å². The Morgan fingerprint density at radius 3 is 2.45 bits per heavy atom. The van der Waals surface area contributed by atoms with Crippen LogP contribution in [0.1, 0.15) is 72.4 Å². The van der Waals surface area contributed by atoms with Crippen molar-refractivity contribution in [3.05, 3.63) is 46.1 Å². The number of nitrogens with one attached hydrogen (secondary N) is 1. The van der Waals surface area contributed by atoms with Crippen molar-refractivity contribution in [2.45, 2.75) is 73.3 Å². The predicted molar refractivity (Wildman–Crippen MR) is 120 cm³/mol. The minimum atomic E-state index is -0.635. The van der Waals surface area contributed by atoms with E-state index in [-0.39, 0.29) is 23.1 Å². The molecule has 0 aromatic heterocycles. The molecule has 4 nitrogen and oxygen atoms in total. The summed E-state index contributed by atoms with van der Waals surface area (Å²) in [4.78, 5) is 25.7. The Labute approximate surface area is 180 Å². The highest BCUT2D eigenvalue weighted by Crippen LogP contribution is 2.38. The zero-order valence-electron chi connectivity index (χ0n) is 18.9. The van der Waals surface area contributed by atoms with E-state index >= 15 is 0 Å². The van der Waals surface area contributed by atoms with Gasteiger partial charge in [-0.1, -0.05) is 58.4 Å². The minimum absolute atomic E-state index is 0.0725. The fourth-order valence-electron chi connectivity index (χ4n) is 3.69. The standard InChI is InChI=1S/C24H35ClN2O2/c1-16(2)20-15-27(13-11-17(3)28)22(29)26-24(20,7)19-9-8-18(21(25)14-19)10-12-23(4,5)6/h8-9,14-16H,10-13H2,1-7H3,(H,26,29)/t24-/m0/s1. The van der Waals surface area contributed by atoms with E-state index in [1.54, 1.807) is 11.8 Å². The number of carbonyl (C=O) groups excluding carboxylic acids is 2. The summed E-state index contributed by atoms with van der Waals surface area (Å²) in [6, 6.07) is 5.96. The molecular weight excluding hydrogens is 384 g/mol. The summed E-state index contributed by atoms with van der Waals surface area (Å²) in [6.07, 6.45) is 4.24. The minimum Gasteiger partial charge on any atom is -0.325 e. The molecule has 1 heterocycles. The molecule has 1 aromatic carbocycles. The Morgan fingerprint density at radius 2 is 1.93 bits per heavy atom. The number of nitrogens with zero attached hydrogens (tertiary/aromatic N) is 1. The van der Waals surface area contributed by atoms with Crippen LogP contribution in [0.5, 0.6) is 0 Å². The van der Waals surface area contributed by atoms with E-state index in [1.165, 1.54) is 0 Å². The van der Waals surface area contributed by atoms with E-state index < -0.39 is 5.54 Å². The fourth-order valence-corrected chi connectivity index (χ4v) is 3.97. The fraction of sp³-hybridized carbons (Fsp3) is 0.583. The number of ketones is 1. The van der Waals surface area contributed by atoms with Gasteiger partial charge in [0.15, 0.2) is 0 Å². The Hall–Kier alpha value is -1.81. The summed E-state index contributed by atoms with van der Waals surface area (Å²) in [6.45, 7) is 14.9. The Bertz CT molecular complexity index is 808. The number of carbonyl (C=O) groups is 2. The summed E-state index contributed by atoms with van der Waals surface area (Å²) in [5, 5.41) is 3.91. The molecule has 0 radical (unpaired) electrons. The van der Waals surface area contributed by atoms with Gasteiger partial charge in [0.2, 0.25) is 0 Å². The highest BCUT2D eigenvalue weighted by Gasteiger charge is 2.39. The third kappa shape index (κ3) is 5.85. The molecule has 29 heavy (non-hydrogen) atoms. The van der Waals surface area contributed by atoms with Crippen LogP contribution in [0.15, 0.2) is 30.0 Å². The second-order valence-corrected chi connectivity index (χ2v) is 10.2. The number of Topliss-reactive ketones (excluding diaryl/α,β-unsaturated/α-hetero) is 1. The second kappa shape index (κ2) is 8.91. The van der Waals surface area contributed by atoms with Crippen LogP contribution in [0.4, 0.5) is 4.79 Å². The van der Waals surface area contributed by atoms with Gasteiger partial charge >= 0.3 is 6.03 Å². The van der Waals surface area contributed by atoms with Crippen LogP contribution < -0.4 is 5.32 Å². The molecule has 0 saturated heterocycles. The van der Waals surface area contributed by atoms with Crippen molar-refractivity contribution >= 4 is 23.4 Å². The molecular formula is C24H35ClN2O2. The maximum atomic E-state index is 12.8. The van der Waals surface area contributed by atoms with E-state index in [0.29, 0.717) is 13.0 Å². The number of amides is 2. The summed E-state index contributed by atoms with van der Waals surface area (Å²) in [5.41, 5.74) is 2.82. The maximum Gasteiger partial charge on any atom is 0.322 e. The second-order valence-electron chi connectivity index (χ2n) is 9.81. The van der Waals surface area contributed by atoms with Gasteiger partial charge in [-0.15, -0.1) is 0 Å². The lowest BCUT2D eigenvalue weighted by atomic mass is 9.78. The van der Waals surface area contributed by atoms with Gasteiger partial charge in [0.05, 0.1) is 5.54 Å². The summed E-state index contributed by atoms with van der Waals surface area (Å²) in [5.74, 6) is 0.294. The Kier molecular flexibility index (Phi) is 7.21. The average Bonchev–Trinajstić information content (AvgIpc) is 2.58. The Morgan fingerprint density at radius 1 is 1.28 bits per heavy atom. The van der Waals surface area contributed by atoms with Gasteiger partial charge in [-0.25, -0.2) is 4.79 Å². The quantitative estimate of drug-likeness (QED) is 0.583. The van der Waals surface area contributed by atoms with Gasteiger partial charge < -0.3 is 10.2 Å². The van der Waals surface area contributed by atoms with E-state index in [4.69, 9.17) is 11.6 Å². The average molecular weight is 419 g/mol. The van der Waals surface area contributed by atoms with Gasteiger partial charge in [0.1, 0.15) is 5.78 Å². The van der Waals surface area contributed by atoms with Gasteiger partial charge in [-0.2, -0.15) is 0 Å². The van der Waals surface area contributed by atoms with E-state index in [2.05, 4.69) is 52.1 Å². The molecule has 1 aliphatic rings. The topological polar surface area (TPSA) is 49.4 Å². The van der Waals surface area contributed by atoms with Crippen molar-refractivity contribution in [2.75, 3.05) is 6.54 Å². The molecule has 1 N–H and O–H groups in total. The van der Waals surface area contributed by atoms with E-state index in [0.717, 1.165) is 34.6 Å². The normalized spacial score (nSPS) is 20.0. The summed E-state index contributed by atoms with van der Waals surface area (Å²) in [7, 11) is 0. The van der Waals surface area contributed by atoms with Crippen LogP contribution in [0.2, 0.25) is 5.02 Å². The molecule has 0 aliphatic carbocycles. The summed E-state index contributed by atoms with van der Waals surface area (Å²) < 4.78 is 0. The van der Waals surface area contributed by atoms with Gasteiger partial charge in [-0.05, 0) is 60.8 Å². The number of hydrogen-bond acceptors (Lipinski definition) is 2. The molecule has 1 aliphatic heterocycles. The molecule has 2 rings (SSSR count). The Balaban J connectivity index is 2.36. The highest BCUT2D eigenvalue weighted by atomic mass is 35.5. The third-order valence-corrected chi connectivity index (χ3v) is 5.94. The van der Waals surface area contributed by atoms with Crippen LogP contribution in [-0.2, 0) is 16.8 Å². The molecule has 0 saturated carbocycles. The van der Waals surface area contributed by atoms with Gasteiger partial charge in [0.25, 0.3) is 0 Å². The molecule has 2 amide bonds. The van der Waals surface area contributed by atoms with Gasteiger partial charge in [0, 0.05) is 24.2 Å². The lowest BCUT2D eigenvalue weighted by Gasteiger charge is -2.42. The van der Waals surface area contributed by atoms with Crippen molar-refractivity contribution in [2.24, 2.45) is 11.3 Å². The number of halogens is 1. The molecule has 1 atom stereocenters. The lowest BCUT2D eigenvalue weighted by molar-refractivity contribution is -0.117. The number of rotatable bonds is 7. The van der Waals surface area contributed by atoms with Crippen molar-refractivity contribution in [1.29, 1.82) is 0 Å². The summed E-state index contributed by atoms with van der Waals surface area (Å²) >= 11 is 6.64. The third-order valence-electron chi connectivity index (χ3n) is 5.59. The van der Waals surface area contributed by atoms with E-state index in [1.807, 2.05) is 19.2 Å². The van der Waals surface area contributed by atoms with Gasteiger partial charge in [-0.3, -0.25) is 4.79 Å². The zero-order valence-corrected chi connectivity index (χ0v) is 19.6. The lowest BCUT2D eigenvalue weighted by Crippen LogP contribution is -2.54. The molecule has 5 heteroatoms. The predicted octanol–water partition coefficient (Wildman–Crippen LogP) is 6.08. The first-order valence-electron chi connectivity index (χ1n) is 10.4. The van der Waals surface area contributed by atoms with Crippen LogP contribution in [0.25, 0.3) is 0 Å². The number of benzene rings is 1. The first kappa shape index (κ1) is 23.5. The monoisotopic (exact) mass is 418 g/mol. The smallest absolute Gasteiger partial charge is 0.322 e. The van der Waals surface area contributed by atoms with Crippen molar-refractivity contribution < 1.29 is 9.59 Å². The number of aryl methyl sites for hydroxylation is 1. The van der Waals surface area contributed by atoms with Crippen LogP contribution in [-0.4, -0.2) is 23.3 Å². The van der Waals surface area contributed by atoms with Crippen molar-refractivity contribution in [3.8, 4) is 0 Å². The van der Waals surface area contributed by atoms with Crippen LogP contribution in [0.3, 0.4) is 0 Å². The SMILES string of the molecule is CC(=O)CCN1C=C(C(C)C)[C@](C)(c2ccc(CCC(C)(C)C)c(Cl)c2)NC1=O. The zero-order chi connectivity index (χ0) is 22.0. The first-order valence-corrected chi connectivity index (χ1v) is 10.8. The van der Waals surface area contributed by atoms with Crippen molar-refractivity contribution in [1.82, 2.24) is 10.2 Å². The molecule has 160 valence electrons. The number of urea groups is 1. The first-order chi connectivity index (χ1) is 13.3. The van der Waals surface area contributed by atoms with Crippen LogP contribution in [0, 0.1) is 11.3 Å². The number of hydrogen-bond donors (Lipinski definition) is 1. The maximum absolute atomic E-state index is 12.8. The molecule has 1 aromatic rings. The molecule has 0 spiro atoms. The molecule has 0 unspecified atom stereocenters. The van der Waals surface area contributed by atoms with E-state index in [9.17, 15) is 9.59 Å². The van der Waals surface area contributed by atoms with Crippen LogP contribution >= 0.6 is 11.6 Å². The molecule has 0 fully saturated rings. The molecule has 0 bridgehead atoms.